The van der Waals surface area contributed by atoms with Crippen LogP contribution in [0, 0.1) is 11.8 Å². The molecule has 17 heavy (non-hydrogen) atoms. The number of carbonyl (C=O) groups is 1. The van der Waals surface area contributed by atoms with Crippen LogP contribution >= 0.6 is 0 Å². The average molecular weight is 230 g/mol. The molecule has 1 heteroatoms. The zero-order valence-corrected chi connectivity index (χ0v) is 10.7. The Balaban J connectivity index is 1.78. The predicted molar refractivity (Wildman–Crippen MR) is 70.9 cm³/mol. The van der Waals surface area contributed by atoms with E-state index in [9.17, 15) is 4.79 Å². The number of carbonyl (C=O) groups excluding carboxylic acids is 1. The molecule has 1 aromatic rings. The minimum atomic E-state index is 0.388. The van der Waals surface area contributed by atoms with Crippen LogP contribution in [0.5, 0.6) is 0 Å². The fourth-order valence-electron chi connectivity index (χ4n) is 2.78. The van der Waals surface area contributed by atoms with Gasteiger partial charge >= 0.3 is 0 Å². The fourth-order valence-corrected chi connectivity index (χ4v) is 2.78. The second-order valence-corrected chi connectivity index (χ2v) is 5.20. The van der Waals surface area contributed by atoms with Crippen molar-refractivity contribution in [3.05, 3.63) is 35.9 Å². The SMILES string of the molecule is CCCC[C@H]1C(=O)C[C@@H]1CCc1ccccc1. The highest BCUT2D eigenvalue weighted by Gasteiger charge is 2.37. The van der Waals surface area contributed by atoms with Crippen LogP contribution < -0.4 is 0 Å². The lowest BCUT2D eigenvalue weighted by Gasteiger charge is -2.35. The third kappa shape index (κ3) is 3.18. The molecule has 92 valence electrons. The van der Waals surface area contributed by atoms with Crippen LogP contribution in [0.4, 0.5) is 0 Å². The maximum atomic E-state index is 11.6. The average Bonchev–Trinajstić information content (AvgIpc) is 2.36. The summed E-state index contributed by atoms with van der Waals surface area (Å²) in [6.07, 6.45) is 6.68. The number of hydrogen-bond donors (Lipinski definition) is 0. The van der Waals surface area contributed by atoms with Crippen molar-refractivity contribution in [1.82, 2.24) is 0 Å². The summed E-state index contributed by atoms with van der Waals surface area (Å²) in [5, 5.41) is 0. The van der Waals surface area contributed by atoms with Gasteiger partial charge in [0.2, 0.25) is 0 Å². The summed E-state index contributed by atoms with van der Waals surface area (Å²) in [7, 11) is 0. The molecule has 2 atom stereocenters. The molecule has 0 N–H and O–H groups in total. The van der Waals surface area contributed by atoms with Gasteiger partial charge in [0, 0.05) is 12.3 Å². The molecule has 1 fully saturated rings. The standard InChI is InChI=1S/C16H22O/c1-2-3-9-15-14(12-16(15)17)11-10-13-7-5-4-6-8-13/h4-8,14-15H,2-3,9-12H2,1H3/t14-,15+/m0/s1. The van der Waals surface area contributed by atoms with E-state index < -0.39 is 0 Å². The number of ketones is 1. The number of hydrogen-bond acceptors (Lipinski definition) is 1. The number of unbranched alkanes of at least 4 members (excludes halogenated alkanes) is 1. The molecule has 0 aliphatic heterocycles. The molecule has 1 aliphatic rings. The van der Waals surface area contributed by atoms with Crippen LogP contribution in [0.3, 0.4) is 0 Å². The van der Waals surface area contributed by atoms with E-state index >= 15 is 0 Å². The van der Waals surface area contributed by atoms with E-state index in [2.05, 4.69) is 37.3 Å². The van der Waals surface area contributed by atoms with Gasteiger partial charge in [-0.25, -0.2) is 0 Å². The zero-order chi connectivity index (χ0) is 12.1. The number of rotatable bonds is 6. The topological polar surface area (TPSA) is 17.1 Å². The molecule has 0 radical (unpaired) electrons. The molecule has 0 amide bonds. The van der Waals surface area contributed by atoms with E-state index in [1.54, 1.807) is 0 Å². The van der Waals surface area contributed by atoms with E-state index in [4.69, 9.17) is 0 Å². The Hall–Kier alpha value is -1.11. The van der Waals surface area contributed by atoms with E-state index in [-0.39, 0.29) is 0 Å². The Morgan fingerprint density at radius 1 is 1.18 bits per heavy atom. The molecule has 0 aromatic heterocycles. The van der Waals surface area contributed by atoms with Gasteiger partial charge in [0.05, 0.1) is 0 Å². The third-order valence-electron chi connectivity index (χ3n) is 3.96. The van der Waals surface area contributed by atoms with Gasteiger partial charge < -0.3 is 0 Å². The molecule has 1 aromatic carbocycles. The van der Waals surface area contributed by atoms with Gasteiger partial charge in [-0.1, -0.05) is 50.1 Å². The first-order valence-electron chi connectivity index (χ1n) is 6.88. The minimum absolute atomic E-state index is 0.388. The molecule has 0 bridgehead atoms. The smallest absolute Gasteiger partial charge is 0.136 e. The molecule has 1 nitrogen and oxygen atoms in total. The number of benzene rings is 1. The molecular weight excluding hydrogens is 208 g/mol. The van der Waals surface area contributed by atoms with Gasteiger partial charge in [-0.05, 0) is 30.7 Å². The van der Waals surface area contributed by atoms with Crippen LogP contribution in [-0.4, -0.2) is 5.78 Å². The molecular formula is C16H22O. The summed E-state index contributed by atoms with van der Waals surface area (Å²) in [5.74, 6) is 1.56. The number of aryl methyl sites for hydroxylation is 1. The molecule has 1 saturated carbocycles. The van der Waals surface area contributed by atoms with Crippen LogP contribution in [0.25, 0.3) is 0 Å². The molecule has 0 heterocycles. The van der Waals surface area contributed by atoms with Crippen LogP contribution in [0.15, 0.2) is 30.3 Å². The lowest BCUT2D eigenvalue weighted by molar-refractivity contribution is -0.134. The summed E-state index contributed by atoms with van der Waals surface area (Å²) in [4.78, 5) is 11.6. The van der Waals surface area contributed by atoms with Crippen molar-refractivity contribution in [3.8, 4) is 0 Å². The normalized spacial score (nSPS) is 23.5. The van der Waals surface area contributed by atoms with E-state index in [1.165, 1.54) is 24.8 Å². The van der Waals surface area contributed by atoms with Crippen LogP contribution in [-0.2, 0) is 11.2 Å². The van der Waals surface area contributed by atoms with E-state index in [0.29, 0.717) is 17.6 Å². The van der Waals surface area contributed by atoms with Gasteiger partial charge in [-0.2, -0.15) is 0 Å². The van der Waals surface area contributed by atoms with Crippen molar-refractivity contribution < 1.29 is 4.79 Å². The van der Waals surface area contributed by atoms with Crippen molar-refractivity contribution in [2.45, 2.75) is 45.4 Å². The Morgan fingerprint density at radius 2 is 1.94 bits per heavy atom. The van der Waals surface area contributed by atoms with Crippen molar-refractivity contribution in [1.29, 1.82) is 0 Å². The maximum Gasteiger partial charge on any atom is 0.136 e. The molecule has 1 aliphatic carbocycles. The Bertz CT molecular complexity index is 355. The lowest BCUT2D eigenvalue weighted by Crippen LogP contribution is -2.37. The van der Waals surface area contributed by atoms with Gasteiger partial charge in [0.1, 0.15) is 5.78 Å². The first kappa shape index (κ1) is 12.3. The highest BCUT2D eigenvalue weighted by atomic mass is 16.1. The summed E-state index contributed by atoms with van der Waals surface area (Å²) >= 11 is 0. The minimum Gasteiger partial charge on any atom is -0.299 e. The van der Waals surface area contributed by atoms with Crippen molar-refractivity contribution >= 4 is 5.78 Å². The Morgan fingerprint density at radius 3 is 2.59 bits per heavy atom. The second-order valence-electron chi connectivity index (χ2n) is 5.20. The number of Topliss-reactive ketones (excluding diaryl/α,β-unsaturated/α-hetero) is 1. The van der Waals surface area contributed by atoms with E-state index in [0.717, 1.165) is 19.3 Å². The lowest BCUT2D eigenvalue weighted by atomic mass is 9.68. The fraction of sp³-hybridized carbons (Fsp3) is 0.562. The van der Waals surface area contributed by atoms with Gasteiger partial charge in [0.15, 0.2) is 0 Å². The quantitative estimate of drug-likeness (QED) is 0.721. The van der Waals surface area contributed by atoms with Crippen molar-refractivity contribution in [2.24, 2.45) is 11.8 Å². The van der Waals surface area contributed by atoms with E-state index in [1.807, 2.05) is 0 Å². The third-order valence-corrected chi connectivity index (χ3v) is 3.96. The maximum absolute atomic E-state index is 11.6. The Kier molecular flexibility index (Phi) is 4.36. The highest BCUT2D eigenvalue weighted by Crippen LogP contribution is 2.37. The van der Waals surface area contributed by atoms with Gasteiger partial charge in [-0.15, -0.1) is 0 Å². The Labute approximate surface area is 104 Å². The summed E-state index contributed by atoms with van der Waals surface area (Å²) in [5.41, 5.74) is 1.40. The zero-order valence-electron chi connectivity index (χ0n) is 10.7. The first-order valence-corrected chi connectivity index (χ1v) is 6.88. The first-order chi connectivity index (χ1) is 8.31. The largest absolute Gasteiger partial charge is 0.299 e. The molecule has 0 spiro atoms. The van der Waals surface area contributed by atoms with Gasteiger partial charge in [0.25, 0.3) is 0 Å². The second kappa shape index (κ2) is 6.00. The van der Waals surface area contributed by atoms with Crippen LogP contribution in [0.2, 0.25) is 0 Å². The summed E-state index contributed by atoms with van der Waals surface area (Å²) in [6.45, 7) is 2.20. The van der Waals surface area contributed by atoms with Crippen LogP contribution in [0.1, 0.15) is 44.6 Å². The highest BCUT2D eigenvalue weighted by molar-refractivity contribution is 5.87. The molecule has 0 saturated heterocycles. The molecule has 2 rings (SSSR count). The van der Waals surface area contributed by atoms with Crippen molar-refractivity contribution in [2.75, 3.05) is 0 Å². The summed E-state index contributed by atoms with van der Waals surface area (Å²) in [6, 6.07) is 10.6. The predicted octanol–water partition coefficient (Wildman–Crippen LogP) is 4.01. The molecule has 0 unspecified atom stereocenters. The van der Waals surface area contributed by atoms with Gasteiger partial charge in [-0.3, -0.25) is 4.79 Å². The van der Waals surface area contributed by atoms with Crippen molar-refractivity contribution in [3.63, 3.8) is 0 Å². The monoisotopic (exact) mass is 230 g/mol. The summed E-state index contributed by atoms with van der Waals surface area (Å²) < 4.78 is 0.